The van der Waals surface area contributed by atoms with Crippen molar-refractivity contribution >= 4 is 58.4 Å². The molecule has 0 fully saturated rings. The summed E-state index contributed by atoms with van der Waals surface area (Å²) in [6.45, 7) is 0. The number of fused-ring (bicyclic) bond motifs is 1. The van der Waals surface area contributed by atoms with Gasteiger partial charge in [-0.25, -0.2) is 0 Å². The Balaban J connectivity index is 1.11. The predicted octanol–water partition coefficient (Wildman–Crippen LogP) is 14.4. The summed E-state index contributed by atoms with van der Waals surface area (Å²) in [4.78, 5) is 0. The molecular formula is C56H44O2. The van der Waals surface area contributed by atoms with Gasteiger partial charge in [0.25, 0.3) is 0 Å². The van der Waals surface area contributed by atoms with E-state index in [0.29, 0.717) is 0 Å². The minimum absolute atomic E-state index is 0.816. The Kier molecular flexibility index (Phi) is 11.7. The molecule has 0 aliphatic rings. The largest absolute Gasteiger partial charge is 0.496 e. The minimum atomic E-state index is 0.816. The highest BCUT2D eigenvalue weighted by atomic mass is 16.5. The summed E-state index contributed by atoms with van der Waals surface area (Å²) in [6.07, 6.45) is 13.2. The van der Waals surface area contributed by atoms with E-state index < -0.39 is 0 Å². The molecule has 280 valence electrons. The number of ether oxygens (including phenoxy) is 2. The fraction of sp³-hybridized carbons (Fsp3) is 0.0357. The summed E-state index contributed by atoms with van der Waals surface area (Å²) in [5, 5.41) is 2.38. The standard InChI is InChI=1S/C56H44O2/c1-57-55-37-41(28-32-49(55)39-53(43-17-7-3-8-18-43)44-19-9-4-10-20-44)27-31-48-35-34-47-25-15-16-26-51(47)52(48)36-30-42-29-33-50(56(38-42)58-2)40-54(45-21-11-5-12-22-45)46-23-13-6-14-24-46/h3-40H,1-2H3. The van der Waals surface area contributed by atoms with Gasteiger partial charge in [0.2, 0.25) is 0 Å². The fourth-order valence-corrected chi connectivity index (χ4v) is 7.36. The third-order valence-electron chi connectivity index (χ3n) is 10.4. The first-order valence-electron chi connectivity index (χ1n) is 19.6. The monoisotopic (exact) mass is 748 g/mol. The summed E-state index contributed by atoms with van der Waals surface area (Å²) < 4.78 is 12.0. The smallest absolute Gasteiger partial charge is 0.126 e. The van der Waals surface area contributed by atoms with Crippen molar-refractivity contribution in [3.8, 4) is 11.5 Å². The van der Waals surface area contributed by atoms with Gasteiger partial charge in [-0.1, -0.05) is 206 Å². The molecule has 0 atom stereocenters. The van der Waals surface area contributed by atoms with Crippen molar-refractivity contribution in [3.63, 3.8) is 0 Å². The lowest BCUT2D eigenvalue weighted by Crippen LogP contribution is -1.92. The maximum Gasteiger partial charge on any atom is 0.126 e. The maximum absolute atomic E-state index is 5.98. The van der Waals surface area contributed by atoms with Crippen molar-refractivity contribution in [1.29, 1.82) is 0 Å². The average molecular weight is 749 g/mol. The van der Waals surface area contributed by atoms with Gasteiger partial charge in [-0.2, -0.15) is 0 Å². The minimum Gasteiger partial charge on any atom is -0.496 e. The second-order valence-corrected chi connectivity index (χ2v) is 14.0. The lowest BCUT2D eigenvalue weighted by molar-refractivity contribution is 0.413. The molecule has 0 aliphatic heterocycles. The molecule has 0 unspecified atom stereocenters. The van der Waals surface area contributed by atoms with Crippen molar-refractivity contribution in [2.24, 2.45) is 0 Å². The van der Waals surface area contributed by atoms with Crippen molar-refractivity contribution in [2.45, 2.75) is 0 Å². The van der Waals surface area contributed by atoms with Gasteiger partial charge in [-0.05, 0) is 90.7 Å². The van der Waals surface area contributed by atoms with Crippen LogP contribution in [0, 0.1) is 0 Å². The number of methoxy groups -OCH3 is 2. The van der Waals surface area contributed by atoms with Gasteiger partial charge in [0, 0.05) is 11.1 Å². The van der Waals surface area contributed by atoms with Crippen LogP contribution >= 0.6 is 0 Å². The van der Waals surface area contributed by atoms with E-state index in [2.05, 4.69) is 206 Å². The highest BCUT2D eigenvalue weighted by Gasteiger charge is 2.11. The van der Waals surface area contributed by atoms with Crippen LogP contribution in [-0.4, -0.2) is 14.2 Å². The molecule has 0 saturated carbocycles. The lowest BCUT2D eigenvalue weighted by Gasteiger charge is -2.12. The zero-order chi connectivity index (χ0) is 39.5. The van der Waals surface area contributed by atoms with Gasteiger partial charge in [0.05, 0.1) is 14.2 Å². The first-order valence-corrected chi connectivity index (χ1v) is 19.6. The Labute approximate surface area is 342 Å². The number of hydrogen-bond donors (Lipinski definition) is 0. The SMILES string of the molecule is COc1cc(C=Cc2ccc3ccccc3c2C=Cc2ccc(C=C(c3ccccc3)c3ccccc3)c(OC)c2)ccc1C=C(c1ccccc1)c1ccccc1. The molecule has 0 saturated heterocycles. The molecule has 8 aromatic carbocycles. The average Bonchev–Trinajstić information content (AvgIpc) is 3.30. The number of benzene rings is 8. The van der Waals surface area contributed by atoms with Crippen molar-refractivity contribution < 1.29 is 9.47 Å². The van der Waals surface area contributed by atoms with Gasteiger partial charge in [0.1, 0.15) is 11.5 Å². The molecule has 0 heterocycles. The van der Waals surface area contributed by atoms with Gasteiger partial charge < -0.3 is 9.47 Å². The number of hydrogen-bond acceptors (Lipinski definition) is 2. The van der Waals surface area contributed by atoms with Crippen LogP contribution in [0.1, 0.15) is 55.6 Å². The molecule has 0 amide bonds. The molecule has 0 bridgehead atoms. The van der Waals surface area contributed by atoms with Gasteiger partial charge in [-0.3, -0.25) is 0 Å². The fourth-order valence-electron chi connectivity index (χ4n) is 7.36. The highest BCUT2D eigenvalue weighted by molar-refractivity contribution is 5.98. The molecule has 2 nitrogen and oxygen atoms in total. The molecule has 0 spiro atoms. The molecule has 0 aliphatic carbocycles. The van der Waals surface area contributed by atoms with E-state index in [1.165, 1.54) is 10.8 Å². The zero-order valence-corrected chi connectivity index (χ0v) is 32.8. The molecule has 8 aromatic rings. The van der Waals surface area contributed by atoms with E-state index in [1.54, 1.807) is 14.2 Å². The molecule has 0 aromatic heterocycles. The summed E-state index contributed by atoms with van der Waals surface area (Å²) in [5.41, 5.74) is 13.3. The van der Waals surface area contributed by atoms with E-state index in [-0.39, 0.29) is 0 Å². The molecule has 8 rings (SSSR count). The summed E-state index contributed by atoms with van der Waals surface area (Å²) in [7, 11) is 3.47. The van der Waals surface area contributed by atoms with Crippen LogP contribution in [0.15, 0.2) is 194 Å². The van der Waals surface area contributed by atoms with E-state index in [4.69, 9.17) is 9.47 Å². The summed E-state index contributed by atoms with van der Waals surface area (Å²) in [6, 6.07) is 67.7. The Bertz CT molecular complexity index is 2680. The van der Waals surface area contributed by atoms with E-state index in [0.717, 1.165) is 78.3 Å². The quantitative estimate of drug-likeness (QED) is 0.116. The highest BCUT2D eigenvalue weighted by Crippen LogP contribution is 2.33. The van der Waals surface area contributed by atoms with Crippen LogP contribution in [0.25, 0.3) is 58.4 Å². The molecule has 2 heteroatoms. The van der Waals surface area contributed by atoms with Crippen molar-refractivity contribution in [1.82, 2.24) is 0 Å². The normalized spacial score (nSPS) is 11.1. The first-order chi connectivity index (χ1) is 28.7. The first kappa shape index (κ1) is 37.5. The second kappa shape index (κ2) is 18.0. The molecule has 58 heavy (non-hydrogen) atoms. The Hall–Kier alpha value is -7.42. The molecular weight excluding hydrogens is 705 g/mol. The topological polar surface area (TPSA) is 18.5 Å². The third-order valence-corrected chi connectivity index (χ3v) is 10.4. The zero-order valence-electron chi connectivity index (χ0n) is 32.8. The van der Waals surface area contributed by atoms with Crippen LogP contribution in [0.2, 0.25) is 0 Å². The predicted molar refractivity (Wildman–Crippen MR) is 248 cm³/mol. The van der Waals surface area contributed by atoms with Gasteiger partial charge in [0.15, 0.2) is 0 Å². The van der Waals surface area contributed by atoms with E-state index in [1.807, 2.05) is 24.3 Å². The second-order valence-electron chi connectivity index (χ2n) is 14.0. The lowest BCUT2D eigenvalue weighted by atomic mass is 9.94. The Morgan fingerprint density at radius 1 is 0.362 bits per heavy atom. The van der Waals surface area contributed by atoms with Crippen LogP contribution in [0.5, 0.6) is 11.5 Å². The summed E-state index contributed by atoms with van der Waals surface area (Å²) >= 11 is 0. The van der Waals surface area contributed by atoms with Crippen molar-refractivity contribution in [2.75, 3.05) is 14.2 Å². The Morgan fingerprint density at radius 2 is 0.759 bits per heavy atom. The van der Waals surface area contributed by atoms with E-state index in [9.17, 15) is 0 Å². The van der Waals surface area contributed by atoms with Gasteiger partial charge in [-0.15, -0.1) is 0 Å². The number of rotatable bonds is 12. The van der Waals surface area contributed by atoms with Crippen LogP contribution < -0.4 is 9.47 Å². The van der Waals surface area contributed by atoms with Crippen LogP contribution in [0.3, 0.4) is 0 Å². The molecule has 0 radical (unpaired) electrons. The van der Waals surface area contributed by atoms with Crippen LogP contribution in [0.4, 0.5) is 0 Å². The van der Waals surface area contributed by atoms with Crippen LogP contribution in [-0.2, 0) is 0 Å². The molecule has 0 N–H and O–H groups in total. The maximum atomic E-state index is 5.98. The van der Waals surface area contributed by atoms with Crippen molar-refractivity contribution in [3.05, 3.63) is 250 Å². The van der Waals surface area contributed by atoms with Gasteiger partial charge >= 0.3 is 0 Å². The Morgan fingerprint density at radius 3 is 1.21 bits per heavy atom. The summed E-state index contributed by atoms with van der Waals surface area (Å²) in [5.74, 6) is 1.63. The van der Waals surface area contributed by atoms with E-state index >= 15 is 0 Å². The third kappa shape index (κ3) is 8.68.